The van der Waals surface area contributed by atoms with Crippen molar-refractivity contribution in [1.29, 1.82) is 0 Å². The Morgan fingerprint density at radius 1 is 0.791 bits per heavy atom. The van der Waals surface area contributed by atoms with E-state index in [9.17, 15) is 0 Å². The van der Waals surface area contributed by atoms with E-state index in [1.807, 2.05) is 23.6 Å². The van der Waals surface area contributed by atoms with Crippen molar-refractivity contribution in [3.63, 3.8) is 0 Å². The van der Waals surface area contributed by atoms with Gasteiger partial charge in [-0.25, -0.2) is 9.97 Å². The zero-order valence-electron chi connectivity index (χ0n) is 23.1. The number of oxazole rings is 1. The second-order valence-corrected chi connectivity index (χ2v) is 11.5. The van der Waals surface area contributed by atoms with Crippen LogP contribution in [0.5, 0.6) is 0 Å². The normalized spacial score (nSPS) is 11.8. The van der Waals surface area contributed by atoms with E-state index in [4.69, 9.17) is 19.4 Å². The molecule has 3 aromatic carbocycles. The summed E-state index contributed by atoms with van der Waals surface area (Å²) < 4.78 is 10.5. The van der Waals surface area contributed by atoms with Gasteiger partial charge in [0.25, 0.3) is 0 Å². The average molecular weight is 753 g/mol. The molecule has 0 amide bonds. The predicted octanol–water partition coefficient (Wildman–Crippen LogP) is 8.93. The third-order valence-electron chi connectivity index (χ3n) is 8.04. The van der Waals surface area contributed by atoms with Gasteiger partial charge in [0, 0.05) is 55.2 Å². The summed E-state index contributed by atoms with van der Waals surface area (Å²) in [6.07, 6.45) is 1.87. The molecule has 43 heavy (non-hydrogen) atoms. The van der Waals surface area contributed by atoms with Gasteiger partial charge in [0.15, 0.2) is 5.89 Å². The topological polar surface area (TPSA) is 61.2 Å². The largest absolute Gasteiger partial charge is 0.426 e. The van der Waals surface area contributed by atoms with Crippen molar-refractivity contribution in [2.75, 3.05) is 0 Å². The van der Waals surface area contributed by atoms with Gasteiger partial charge in [-0.05, 0) is 42.5 Å². The molecule has 0 spiro atoms. The van der Waals surface area contributed by atoms with E-state index in [0.717, 1.165) is 55.1 Å². The Bertz CT molecular complexity index is 2500. The van der Waals surface area contributed by atoms with Crippen LogP contribution in [0.1, 0.15) is 10.8 Å². The van der Waals surface area contributed by atoms with E-state index in [2.05, 4.69) is 102 Å². The molecule has 0 fully saturated rings. The number of thiophene rings is 1. The molecule has 8 heteroatoms. The fraction of sp³-hybridized carbons (Fsp3) is 0.0571. The van der Waals surface area contributed by atoms with Crippen LogP contribution in [0.15, 0.2) is 102 Å². The van der Waals surface area contributed by atoms with Gasteiger partial charge in [-0.3, -0.25) is 16.3 Å². The number of hydrogen-bond acceptors (Lipinski definition) is 5. The minimum Gasteiger partial charge on any atom is -0.426 e. The van der Waals surface area contributed by atoms with Crippen LogP contribution in [0, 0.1) is 19.2 Å². The second kappa shape index (κ2) is 9.71. The number of para-hydroxylation sites is 2. The van der Waals surface area contributed by atoms with Crippen LogP contribution < -0.4 is 0 Å². The van der Waals surface area contributed by atoms with Gasteiger partial charge in [0.2, 0.25) is 5.71 Å². The van der Waals surface area contributed by atoms with Crippen molar-refractivity contribution in [2.24, 2.45) is 0 Å². The number of nitrogens with zero attached hydrogens (tertiary/aromatic N) is 5. The average Bonchev–Trinajstić information content (AvgIpc) is 3.80. The fourth-order valence-electron chi connectivity index (χ4n) is 6.22. The maximum absolute atomic E-state index is 6.15. The summed E-state index contributed by atoms with van der Waals surface area (Å²) in [4.78, 5) is 15.8. The molecule has 0 unspecified atom stereocenters. The zero-order valence-corrected chi connectivity index (χ0v) is 26.3. The molecular weight excluding hydrogens is 731 g/mol. The van der Waals surface area contributed by atoms with Crippen LogP contribution in [0.2, 0.25) is 0 Å². The van der Waals surface area contributed by atoms with Crippen molar-refractivity contribution in [3.8, 4) is 28.3 Å². The van der Waals surface area contributed by atoms with Crippen LogP contribution >= 0.6 is 11.3 Å². The number of benzene rings is 3. The third-order valence-corrected chi connectivity index (χ3v) is 8.86. The molecular formula is C35H22IrN5OS-. The number of fused-ring (bicyclic) bond motifs is 9. The summed E-state index contributed by atoms with van der Waals surface area (Å²) in [5.74, 6) is 0.619. The summed E-state index contributed by atoms with van der Waals surface area (Å²) in [7, 11) is 0. The first-order valence-electron chi connectivity index (χ1n) is 13.8. The molecule has 6 aromatic heterocycles. The molecule has 6 nitrogen and oxygen atoms in total. The SMILES string of the molecule is Cc1nc2c3c(C)s[c-]c3c3ncc(-c4cccc(-c5ccc6c(c5)c5ccccc5n6-c5ccccc5)n4)n3c2o1.[Ir]. The summed E-state index contributed by atoms with van der Waals surface area (Å²) >= 11 is 1.59. The molecule has 9 rings (SSSR count). The van der Waals surface area contributed by atoms with Crippen molar-refractivity contribution in [3.05, 3.63) is 113 Å². The van der Waals surface area contributed by atoms with Gasteiger partial charge in [0.05, 0.1) is 39.3 Å². The summed E-state index contributed by atoms with van der Waals surface area (Å²) in [6.45, 7) is 3.97. The molecule has 0 aliphatic rings. The van der Waals surface area contributed by atoms with E-state index in [-0.39, 0.29) is 20.1 Å². The Morgan fingerprint density at radius 3 is 2.47 bits per heavy atom. The molecule has 1 radical (unpaired) electrons. The van der Waals surface area contributed by atoms with E-state index in [0.29, 0.717) is 11.6 Å². The number of aromatic nitrogens is 5. The predicted molar refractivity (Wildman–Crippen MR) is 169 cm³/mol. The van der Waals surface area contributed by atoms with E-state index < -0.39 is 0 Å². The maximum Gasteiger partial charge on any atom is 0.215 e. The van der Waals surface area contributed by atoms with Crippen molar-refractivity contribution in [2.45, 2.75) is 13.8 Å². The first kappa shape index (κ1) is 26.0. The van der Waals surface area contributed by atoms with E-state index >= 15 is 0 Å². The number of aryl methyl sites for hydroxylation is 2. The maximum atomic E-state index is 6.15. The number of pyridine rings is 2. The minimum absolute atomic E-state index is 0. The van der Waals surface area contributed by atoms with Crippen LogP contribution in [0.4, 0.5) is 0 Å². The fourth-order valence-corrected chi connectivity index (χ4v) is 6.97. The van der Waals surface area contributed by atoms with Gasteiger partial charge in [-0.15, -0.1) is 4.88 Å². The van der Waals surface area contributed by atoms with Crippen LogP contribution in [0.25, 0.3) is 77.8 Å². The minimum atomic E-state index is 0. The summed E-state index contributed by atoms with van der Waals surface area (Å²) in [5.41, 5.74) is 9.42. The van der Waals surface area contributed by atoms with Crippen LogP contribution in [0.3, 0.4) is 0 Å². The van der Waals surface area contributed by atoms with E-state index in [1.54, 1.807) is 11.3 Å². The zero-order chi connectivity index (χ0) is 27.9. The standard InChI is InChI=1S/C35H22N5OS.Ir/c1-20-32-26(19-42-20)34-36-18-31(40(34)35-33(32)37-21(2)41-35)28-13-8-12-27(38-28)22-15-16-30-25(17-22)24-11-6-7-14-29(24)39(30)23-9-4-3-5-10-23;/h3-18H,1-2H3;/q-1;. The Morgan fingerprint density at radius 2 is 1.58 bits per heavy atom. The quantitative estimate of drug-likeness (QED) is 0.169. The molecule has 0 saturated heterocycles. The first-order valence-corrected chi connectivity index (χ1v) is 14.6. The Hall–Kier alpha value is -4.62. The molecule has 209 valence electrons. The number of rotatable bonds is 3. The van der Waals surface area contributed by atoms with Crippen molar-refractivity contribution in [1.82, 2.24) is 23.9 Å². The van der Waals surface area contributed by atoms with Gasteiger partial charge in [-0.1, -0.05) is 71.6 Å². The monoisotopic (exact) mass is 753 g/mol. The smallest absolute Gasteiger partial charge is 0.215 e. The van der Waals surface area contributed by atoms with Crippen molar-refractivity contribution >= 4 is 60.8 Å². The molecule has 0 saturated carbocycles. The molecule has 0 aliphatic heterocycles. The van der Waals surface area contributed by atoms with Crippen LogP contribution in [-0.4, -0.2) is 23.9 Å². The Balaban J connectivity index is 0.00000278. The molecule has 0 bridgehead atoms. The van der Waals surface area contributed by atoms with Gasteiger partial charge >= 0.3 is 0 Å². The first-order chi connectivity index (χ1) is 20.7. The summed E-state index contributed by atoms with van der Waals surface area (Å²) in [6, 6.07) is 31.8. The Kier molecular flexibility index (Phi) is 5.88. The van der Waals surface area contributed by atoms with Gasteiger partial charge in [0.1, 0.15) is 0 Å². The van der Waals surface area contributed by atoms with Crippen LogP contribution in [-0.2, 0) is 20.1 Å². The molecule has 0 aliphatic carbocycles. The Labute approximate surface area is 263 Å². The van der Waals surface area contributed by atoms with Crippen molar-refractivity contribution < 1.29 is 24.5 Å². The van der Waals surface area contributed by atoms with E-state index in [1.165, 1.54) is 21.8 Å². The molecule has 0 atom stereocenters. The van der Waals surface area contributed by atoms with Gasteiger partial charge < -0.3 is 13.4 Å². The number of imidazole rings is 1. The third kappa shape index (κ3) is 3.77. The molecule has 9 aromatic rings. The summed E-state index contributed by atoms with van der Waals surface area (Å²) in [5, 5.41) is 7.86. The number of hydrogen-bond donors (Lipinski definition) is 0. The van der Waals surface area contributed by atoms with Gasteiger partial charge in [-0.2, -0.15) is 0 Å². The molecule has 0 N–H and O–H groups in total. The second-order valence-electron chi connectivity index (χ2n) is 10.5. The molecule has 6 heterocycles.